The first-order valence-electron chi connectivity index (χ1n) is 14.9. The van der Waals surface area contributed by atoms with Crippen molar-refractivity contribution in [1.82, 2.24) is 0 Å². The summed E-state index contributed by atoms with van der Waals surface area (Å²) >= 11 is 13.3. The van der Waals surface area contributed by atoms with Crippen molar-refractivity contribution < 1.29 is 49.0 Å². The van der Waals surface area contributed by atoms with Crippen molar-refractivity contribution >= 4 is 38.6 Å². The first-order chi connectivity index (χ1) is 21.0. The van der Waals surface area contributed by atoms with Crippen LogP contribution in [-0.4, -0.2) is 3.21 Å². The normalized spacial score (nSPS) is 13.7. The van der Waals surface area contributed by atoms with Crippen LogP contribution in [0.5, 0.6) is 0 Å². The molecule has 0 spiro atoms. The van der Waals surface area contributed by atoms with E-state index < -0.39 is 0 Å². The van der Waals surface area contributed by atoms with Crippen molar-refractivity contribution in [1.29, 1.82) is 0 Å². The molecule has 0 aromatic heterocycles. The van der Waals surface area contributed by atoms with E-state index in [0.717, 1.165) is 33.2 Å². The second-order valence-corrected chi connectivity index (χ2v) is 14.0. The van der Waals surface area contributed by atoms with Crippen molar-refractivity contribution in [2.45, 2.75) is 40.5 Å². The second kappa shape index (κ2) is 18.3. The van der Waals surface area contributed by atoms with Crippen molar-refractivity contribution in [3.05, 3.63) is 165 Å². The SMILES string of the molecule is C=Cc1c[c-]c2c(c1)-c1cc(C=C)ccc1C2.CCC1[C-]=CC(C(C)(C)C)=C1.Clc1cccc([C](=[Zr+2])c2cccc(Cl)c2)c1.[Cl-].[Cl-]. The molecule has 4 aromatic rings. The van der Waals surface area contributed by atoms with Crippen molar-refractivity contribution in [3.8, 4) is 11.1 Å². The molecule has 2 aliphatic carbocycles. The van der Waals surface area contributed by atoms with Gasteiger partial charge in [0.05, 0.1) is 0 Å². The molecule has 0 amide bonds. The van der Waals surface area contributed by atoms with Gasteiger partial charge in [-0.1, -0.05) is 87.4 Å². The Labute approximate surface area is 313 Å². The maximum Gasteiger partial charge on any atom is -1.00 e. The maximum absolute atomic E-state index is 5.98. The number of allylic oxidation sites excluding steroid dienone is 4. The average Bonchev–Trinajstić information content (AvgIpc) is 3.66. The summed E-state index contributed by atoms with van der Waals surface area (Å²) in [6.07, 6.45) is 13.7. The van der Waals surface area contributed by atoms with Gasteiger partial charge in [0.25, 0.3) is 0 Å². The second-order valence-electron chi connectivity index (χ2n) is 11.9. The summed E-state index contributed by atoms with van der Waals surface area (Å²) in [6, 6.07) is 29.8. The van der Waals surface area contributed by atoms with Gasteiger partial charge in [0.15, 0.2) is 0 Å². The number of benzene rings is 4. The number of hydrogen-bond acceptors (Lipinski definition) is 0. The standard InChI is InChI=1S/C17H13.C13H8Cl2.C11H17.2ClH.Zr/c1-3-12-5-7-14-11-15-8-6-13(4-2)10-17(15)16(14)9-12;14-12-5-1-3-10(8-12)7-11-4-2-6-13(15)9-11;1-5-9-6-7-10(8-9)11(2,3)4;;;/h3-7,9-10H,1-2,11H2;1-6,8-9H;7-9H,5H2,1-4H3;2*1H;/q-1;;-1;;;+2/p-2. The molecule has 0 saturated heterocycles. The van der Waals surface area contributed by atoms with E-state index in [9.17, 15) is 0 Å². The topological polar surface area (TPSA) is 0 Å². The van der Waals surface area contributed by atoms with Crippen LogP contribution in [0, 0.1) is 23.5 Å². The van der Waals surface area contributed by atoms with E-state index in [1.165, 1.54) is 67.3 Å². The zero-order chi connectivity index (χ0) is 31.9. The van der Waals surface area contributed by atoms with Gasteiger partial charge in [-0.3, -0.25) is 6.08 Å². The van der Waals surface area contributed by atoms with Crippen molar-refractivity contribution in [3.63, 3.8) is 0 Å². The fraction of sp³-hybridized carbons (Fsp3) is 0.195. The molecule has 0 saturated carbocycles. The summed E-state index contributed by atoms with van der Waals surface area (Å²) in [5.74, 6) is 0.573. The van der Waals surface area contributed by atoms with Crippen LogP contribution in [0.4, 0.5) is 0 Å². The Morgan fingerprint density at radius 3 is 1.93 bits per heavy atom. The molecule has 1 atom stereocenters. The summed E-state index contributed by atoms with van der Waals surface area (Å²) in [7, 11) is 0. The average molecular weight is 764 g/mol. The van der Waals surface area contributed by atoms with Crippen LogP contribution < -0.4 is 24.8 Å². The van der Waals surface area contributed by atoms with E-state index in [2.05, 4.69) is 102 Å². The van der Waals surface area contributed by atoms with E-state index in [1.54, 1.807) is 0 Å². The zero-order valence-corrected chi connectivity index (χ0v) is 32.2. The number of halogens is 4. The van der Waals surface area contributed by atoms with Crippen LogP contribution in [0.1, 0.15) is 67.5 Å². The largest absolute Gasteiger partial charge is 1.00 e. The molecule has 2 aliphatic rings. The van der Waals surface area contributed by atoms with Gasteiger partial charge in [0.1, 0.15) is 0 Å². The van der Waals surface area contributed by atoms with E-state index in [4.69, 9.17) is 23.2 Å². The molecular weight excluding hydrogens is 725 g/mol. The third-order valence-electron chi connectivity index (χ3n) is 7.68. The van der Waals surface area contributed by atoms with Crippen LogP contribution in [0.2, 0.25) is 10.0 Å². The maximum atomic E-state index is 5.98. The summed E-state index contributed by atoms with van der Waals surface area (Å²) in [5, 5.41) is 1.53. The van der Waals surface area contributed by atoms with Crippen LogP contribution in [0.3, 0.4) is 0 Å². The van der Waals surface area contributed by atoms with Crippen LogP contribution in [-0.2, 0) is 30.7 Å². The predicted octanol–water partition coefficient (Wildman–Crippen LogP) is 5.82. The molecule has 0 aliphatic heterocycles. The van der Waals surface area contributed by atoms with Crippen molar-refractivity contribution in [2.24, 2.45) is 11.3 Å². The van der Waals surface area contributed by atoms with Gasteiger partial charge in [0.2, 0.25) is 0 Å². The Balaban J connectivity index is 0.000000241. The Hall–Kier alpha value is -2.25. The molecule has 6 rings (SSSR count). The fourth-order valence-corrected chi connectivity index (χ4v) is 6.18. The van der Waals surface area contributed by atoms with E-state index in [1.807, 2.05) is 54.6 Å². The van der Waals surface area contributed by atoms with Crippen LogP contribution in [0.15, 0.2) is 110 Å². The molecule has 0 bridgehead atoms. The predicted molar refractivity (Wildman–Crippen MR) is 189 cm³/mol. The van der Waals surface area contributed by atoms with E-state index in [-0.39, 0.29) is 24.8 Å². The Kier molecular flexibility index (Phi) is 15.9. The van der Waals surface area contributed by atoms with E-state index >= 15 is 0 Å². The van der Waals surface area contributed by atoms with E-state index in [0.29, 0.717) is 11.3 Å². The molecule has 1 unspecified atom stereocenters. The molecule has 46 heavy (non-hydrogen) atoms. The van der Waals surface area contributed by atoms with Crippen LogP contribution in [0.25, 0.3) is 23.3 Å². The minimum Gasteiger partial charge on any atom is -1.00 e. The molecule has 0 N–H and O–H groups in total. The summed E-state index contributed by atoms with van der Waals surface area (Å²) in [6.45, 7) is 16.6. The first-order valence-corrected chi connectivity index (χ1v) is 16.9. The van der Waals surface area contributed by atoms with Crippen LogP contribution >= 0.6 is 23.2 Å². The Morgan fingerprint density at radius 1 is 0.870 bits per heavy atom. The van der Waals surface area contributed by atoms with Crippen molar-refractivity contribution in [2.75, 3.05) is 0 Å². The smallest absolute Gasteiger partial charge is 1.00 e. The van der Waals surface area contributed by atoms with Gasteiger partial charge in [-0.2, -0.15) is 35.4 Å². The first kappa shape index (κ1) is 39.9. The molecule has 236 valence electrons. The minimum atomic E-state index is 0. The summed E-state index contributed by atoms with van der Waals surface area (Å²) < 4.78 is 1.26. The molecule has 0 heterocycles. The third-order valence-corrected chi connectivity index (χ3v) is 9.57. The molecular formula is C41H38Cl4Zr-2. The van der Waals surface area contributed by atoms with Gasteiger partial charge < -0.3 is 24.8 Å². The van der Waals surface area contributed by atoms with Gasteiger partial charge in [-0.15, -0.1) is 23.8 Å². The van der Waals surface area contributed by atoms with Gasteiger partial charge in [0, 0.05) is 0 Å². The van der Waals surface area contributed by atoms with Gasteiger partial charge >= 0.3 is 120 Å². The number of rotatable bonds is 5. The quantitative estimate of drug-likeness (QED) is 0.198. The zero-order valence-electron chi connectivity index (χ0n) is 26.7. The summed E-state index contributed by atoms with van der Waals surface area (Å²) in [4.78, 5) is 0. The molecule has 0 radical (unpaired) electrons. The molecule has 0 fully saturated rings. The fourth-order valence-electron chi connectivity index (χ4n) is 5.03. The minimum absolute atomic E-state index is 0. The monoisotopic (exact) mass is 760 g/mol. The third kappa shape index (κ3) is 10.6. The molecule has 0 nitrogen and oxygen atoms in total. The Bertz CT molecular complexity index is 1640. The Morgan fingerprint density at radius 2 is 1.46 bits per heavy atom. The molecule has 4 aromatic carbocycles. The summed E-state index contributed by atoms with van der Waals surface area (Å²) in [5.41, 5.74) is 11.6. The van der Waals surface area contributed by atoms with Gasteiger partial charge in [-0.25, -0.2) is 6.08 Å². The number of fused-ring (bicyclic) bond motifs is 3. The number of hydrogen-bond donors (Lipinski definition) is 0. The van der Waals surface area contributed by atoms with Gasteiger partial charge in [-0.05, 0) is 12.0 Å². The molecule has 5 heteroatoms.